The minimum atomic E-state index is -0.369. The van der Waals surface area contributed by atoms with Crippen LogP contribution in [0.1, 0.15) is 43.0 Å². The Morgan fingerprint density at radius 2 is 2.25 bits per heavy atom. The Bertz CT molecular complexity index is 813. The lowest BCUT2D eigenvalue weighted by molar-refractivity contribution is -0.144. The number of likely N-dealkylation sites (tertiary alicyclic amines) is 1. The molecule has 0 radical (unpaired) electrons. The van der Waals surface area contributed by atoms with Gasteiger partial charge >= 0.3 is 5.97 Å². The van der Waals surface area contributed by atoms with Crippen LogP contribution in [-0.4, -0.2) is 45.4 Å². The molecule has 0 aliphatic carbocycles. The molecule has 0 saturated carbocycles. The van der Waals surface area contributed by atoms with Gasteiger partial charge in [-0.1, -0.05) is 0 Å². The summed E-state index contributed by atoms with van der Waals surface area (Å²) in [5.41, 5.74) is -0.326. The highest BCUT2D eigenvalue weighted by molar-refractivity contribution is 7.15. The van der Waals surface area contributed by atoms with Crippen molar-refractivity contribution in [2.45, 2.75) is 38.6 Å². The molecule has 1 aliphatic heterocycles. The number of thiazole rings is 1. The van der Waals surface area contributed by atoms with E-state index in [-0.39, 0.29) is 35.5 Å². The number of carbonyl (C=O) groups is 2. The van der Waals surface area contributed by atoms with Crippen LogP contribution in [-0.2, 0) is 9.53 Å². The topological polar surface area (TPSA) is 81.0 Å². The Balaban J connectivity index is 1.86. The van der Waals surface area contributed by atoms with Crippen molar-refractivity contribution in [3.8, 4) is 0 Å². The molecule has 1 amide bonds. The summed E-state index contributed by atoms with van der Waals surface area (Å²) in [6.07, 6.45) is 5.66. The summed E-state index contributed by atoms with van der Waals surface area (Å²) in [7, 11) is 0. The van der Waals surface area contributed by atoms with E-state index < -0.39 is 0 Å². The molecule has 0 unspecified atom stereocenters. The predicted molar refractivity (Wildman–Crippen MR) is 89.3 cm³/mol. The largest absolute Gasteiger partial charge is 0.466 e. The average molecular weight is 349 g/mol. The molecule has 7 nitrogen and oxygen atoms in total. The summed E-state index contributed by atoms with van der Waals surface area (Å²) < 4.78 is 6.37. The van der Waals surface area contributed by atoms with E-state index in [1.165, 1.54) is 21.9 Å². The number of nitrogens with zero attached hydrogens (tertiary/aromatic N) is 3. The molecular formula is C16H19N3O4S. The van der Waals surface area contributed by atoms with Crippen molar-refractivity contribution in [3.63, 3.8) is 0 Å². The summed E-state index contributed by atoms with van der Waals surface area (Å²) in [5.74, 6) is -0.674. The van der Waals surface area contributed by atoms with E-state index in [2.05, 4.69) is 4.98 Å². The van der Waals surface area contributed by atoms with Gasteiger partial charge in [-0.3, -0.25) is 18.8 Å². The van der Waals surface area contributed by atoms with Crippen LogP contribution < -0.4 is 5.56 Å². The van der Waals surface area contributed by atoms with E-state index in [4.69, 9.17) is 4.74 Å². The second-order valence-corrected chi connectivity index (χ2v) is 6.56. The average Bonchev–Trinajstić information content (AvgIpc) is 3.05. The fraction of sp³-hybridized carbons (Fsp3) is 0.500. The van der Waals surface area contributed by atoms with Gasteiger partial charge in [0.2, 0.25) is 0 Å². The summed E-state index contributed by atoms with van der Waals surface area (Å²) in [4.78, 5) is 43.5. The Labute approximate surface area is 142 Å². The minimum Gasteiger partial charge on any atom is -0.466 e. The van der Waals surface area contributed by atoms with E-state index in [0.29, 0.717) is 18.1 Å². The molecule has 24 heavy (non-hydrogen) atoms. The molecule has 128 valence electrons. The number of esters is 1. The monoisotopic (exact) mass is 349 g/mol. The molecule has 2 aromatic heterocycles. The number of carbonyl (C=O) groups excluding carboxylic acids is 2. The van der Waals surface area contributed by atoms with Crippen LogP contribution in [0.25, 0.3) is 4.96 Å². The predicted octanol–water partition coefficient (Wildman–Crippen LogP) is 1.70. The maximum atomic E-state index is 12.9. The van der Waals surface area contributed by atoms with E-state index >= 15 is 0 Å². The smallest absolute Gasteiger partial charge is 0.307 e. The highest BCUT2D eigenvalue weighted by Gasteiger charge is 2.31. The zero-order valence-corrected chi connectivity index (χ0v) is 14.3. The third-order valence-electron chi connectivity index (χ3n) is 4.17. The fourth-order valence-electron chi connectivity index (χ4n) is 3.02. The standard InChI is InChI=1S/C16H19N3O4S/c1-2-23-13(20)9-11-5-3-4-6-18(11)14(21)12-10-17-16-19(15(12)22)7-8-24-16/h7-8,10-11H,2-6,9H2,1H3/t11-/m0/s1. The lowest BCUT2D eigenvalue weighted by Crippen LogP contribution is -2.46. The van der Waals surface area contributed by atoms with E-state index in [0.717, 1.165) is 19.3 Å². The zero-order chi connectivity index (χ0) is 17.1. The van der Waals surface area contributed by atoms with Crippen LogP contribution in [0.5, 0.6) is 0 Å². The molecule has 2 aromatic rings. The lowest BCUT2D eigenvalue weighted by atomic mass is 9.98. The van der Waals surface area contributed by atoms with Gasteiger partial charge < -0.3 is 9.64 Å². The normalized spacial score (nSPS) is 17.9. The molecule has 8 heteroatoms. The van der Waals surface area contributed by atoms with Gasteiger partial charge in [-0.05, 0) is 26.2 Å². The molecular weight excluding hydrogens is 330 g/mol. The number of piperidine rings is 1. The zero-order valence-electron chi connectivity index (χ0n) is 13.4. The van der Waals surface area contributed by atoms with Crippen molar-refractivity contribution in [1.29, 1.82) is 0 Å². The Morgan fingerprint density at radius 3 is 3.04 bits per heavy atom. The summed E-state index contributed by atoms with van der Waals surface area (Å²) >= 11 is 1.34. The fourth-order valence-corrected chi connectivity index (χ4v) is 3.69. The van der Waals surface area contributed by atoms with Crippen molar-refractivity contribution < 1.29 is 14.3 Å². The number of fused-ring (bicyclic) bond motifs is 1. The number of amides is 1. The van der Waals surface area contributed by atoms with Crippen LogP contribution in [0, 0.1) is 0 Å². The first-order valence-electron chi connectivity index (χ1n) is 8.03. The number of aromatic nitrogens is 2. The van der Waals surface area contributed by atoms with Gasteiger partial charge in [0.05, 0.1) is 13.0 Å². The molecule has 3 rings (SSSR count). The third kappa shape index (κ3) is 3.19. The first-order chi connectivity index (χ1) is 11.6. The molecule has 0 spiro atoms. The second-order valence-electron chi connectivity index (χ2n) is 5.69. The van der Waals surface area contributed by atoms with Crippen LogP contribution in [0.3, 0.4) is 0 Å². The van der Waals surface area contributed by atoms with Crippen LogP contribution in [0.2, 0.25) is 0 Å². The highest BCUT2D eigenvalue weighted by Crippen LogP contribution is 2.22. The van der Waals surface area contributed by atoms with E-state index in [9.17, 15) is 14.4 Å². The molecule has 1 saturated heterocycles. The highest BCUT2D eigenvalue weighted by atomic mass is 32.1. The number of hydrogen-bond acceptors (Lipinski definition) is 6. The van der Waals surface area contributed by atoms with Gasteiger partial charge in [-0.25, -0.2) is 4.98 Å². The summed E-state index contributed by atoms with van der Waals surface area (Å²) in [5, 5.41) is 1.75. The van der Waals surface area contributed by atoms with E-state index in [1.807, 2.05) is 0 Å². The van der Waals surface area contributed by atoms with E-state index in [1.54, 1.807) is 23.4 Å². The number of ether oxygens (including phenoxy) is 1. The van der Waals surface area contributed by atoms with Crippen molar-refractivity contribution in [1.82, 2.24) is 14.3 Å². The van der Waals surface area contributed by atoms with Gasteiger partial charge in [0.15, 0.2) is 4.96 Å². The first-order valence-corrected chi connectivity index (χ1v) is 8.91. The summed E-state index contributed by atoms with van der Waals surface area (Å²) in [6, 6.07) is -0.229. The van der Waals surface area contributed by atoms with Crippen LogP contribution >= 0.6 is 11.3 Å². The Morgan fingerprint density at radius 1 is 1.42 bits per heavy atom. The SMILES string of the molecule is CCOC(=O)C[C@@H]1CCCCN1C(=O)c1cnc2sccn2c1=O. The van der Waals surface area contributed by atoms with Crippen molar-refractivity contribution in [2.24, 2.45) is 0 Å². The first kappa shape index (κ1) is 16.6. The number of hydrogen-bond donors (Lipinski definition) is 0. The molecule has 0 N–H and O–H groups in total. The van der Waals surface area contributed by atoms with Gasteiger partial charge in [0.1, 0.15) is 5.56 Å². The molecule has 1 fully saturated rings. The maximum absolute atomic E-state index is 12.9. The molecule has 3 heterocycles. The van der Waals surface area contributed by atoms with Gasteiger partial charge in [-0.2, -0.15) is 0 Å². The Kier molecular flexibility index (Phi) is 4.94. The third-order valence-corrected chi connectivity index (χ3v) is 4.94. The molecule has 0 bridgehead atoms. The molecule has 1 aliphatic rings. The molecule has 0 aromatic carbocycles. The number of rotatable bonds is 4. The second kappa shape index (κ2) is 7.12. The van der Waals surface area contributed by atoms with Crippen LogP contribution in [0.15, 0.2) is 22.6 Å². The Hall–Kier alpha value is -2.22. The van der Waals surface area contributed by atoms with Crippen LogP contribution in [0.4, 0.5) is 0 Å². The molecule has 1 atom stereocenters. The van der Waals surface area contributed by atoms with Gasteiger partial charge in [0.25, 0.3) is 11.5 Å². The van der Waals surface area contributed by atoms with Gasteiger partial charge in [0, 0.05) is 30.4 Å². The quantitative estimate of drug-likeness (QED) is 0.785. The minimum absolute atomic E-state index is 0.0432. The van der Waals surface area contributed by atoms with Crippen molar-refractivity contribution in [2.75, 3.05) is 13.2 Å². The van der Waals surface area contributed by atoms with Crippen molar-refractivity contribution >= 4 is 28.2 Å². The van der Waals surface area contributed by atoms with Gasteiger partial charge in [-0.15, -0.1) is 11.3 Å². The maximum Gasteiger partial charge on any atom is 0.307 e. The van der Waals surface area contributed by atoms with Crippen molar-refractivity contribution in [3.05, 3.63) is 33.7 Å². The lowest BCUT2D eigenvalue weighted by Gasteiger charge is -2.35. The summed E-state index contributed by atoms with van der Waals surface area (Å²) in [6.45, 7) is 2.61.